The molecule has 23 heavy (non-hydrogen) atoms. The van der Waals surface area contributed by atoms with Gasteiger partial charge in [-0.25, -0.2) is 8.78 Å². The molecule has 1 atom stereocenters. The van der Waals surface area contributed by atoms with Gasteiger partial charge in [0.1, 0.15) is 11.6 Å². The molecule has 0 amide bonds. The van der Waals surface area contributed by atoms with Crippen molar-refractivity contribution in [3.8, 4) is 0 Å². The van der Waals surface area contributed by atoms with Crippen molar-refractivity contribution in [1.29, 1.82) is 0 Å². The van der Waals surface area contributed by atoms with Crippen LogP contribution in [0.1, 0.15) is 26.3 Å². The van der Waals surface area contributed by atoms with E-state index < -0.39 is 17.7 Å². The van der Waals surface area contributed by atoms with Gasteiger partial charge in [0.15, 0.2) is 0 Å². The predicted octanol–water partition coefficient (Wildman–Crippen LogP) is 2.59. The van der Waals surface area contributed by atoms with E-state index in [-0.39, 0.29) is 18.8 Å². The monoisotopic (exact) mass is 331 g/mol. The summed E-state index contributed by atoms with van der Waals surface area (Å²) in [6.45, 7) is 7.50. The van der Waals surface area contributed by atoms with Crippen molar-refractivity contribution in [2.24, 2.45) is 0 Å². The fraction of sp³-hybridized carbons (Fsp3) is 0.647. The molecular formula is C17H27F2NO3. The molecule has 1 aromatic rings. The standard InChI is InChI=1S/C17H27F2NO3/c1-17(2,3)23-12-15(21)11-20(7-8-22-4)10-13-5-6-14(18)9-16(13)19/h5-6,9,15,21H,7-8,10-12H2,1-4H3/t15-/m0/s1. The number of ether oxygens (including phenoxy) is 2. The summed E-state index contributed by atoms with van der Waals surface area (Å²) in [6, 6.07) is 3.51. The van der Waals surface area contributed by atoms with Crippen LogP contribution >= 0.6 is 0 Å². The van der Waals surface area contributed by atoms with Gasteiger partial charge in [0.2, 0.25) is 0 Å². The third-order valence-electron chi connectivity index (χ3n) is 3.20. The summed E-state index contributed by atoms with van der Waals surface area (Å²) >= 11 is 0. The first kappa shape index (κ1) is 20.0. The van der Waals surface area contributed by atoms with Gasteiger partial charge in [-0.3, -0.25) is 4.90 Å². The van der Waals surface area contributed by atoms with E-state index in [1.54, 1.807) is 7.11 Å². The van der Waals surface area contributed by atoms with Gasteiger partial charge >= 0.3 is 0 Å². The number of nitrogens with zero attached hydrogens (tertiary/aromatic N) is 1. The lowest BCUT2D eigenvalue weighted by Gasteiger charge is -2.27. The molecule has 0 fully saturated rings. The van der Waals surface area contributed by atoms with Crippen LogP contribution in [-0.4, -0.2) is 55.1 Å². The number of aliphatic hydroxyl groups excluding tert-OH is 1. The van der Waals surface area contributed by atoms with Crippen LogP contribution in [0.5, 0.6) is 0 Å². The van der Waals surface area contributed by atoms with Crippen molar-refractivity contribution in [2.45, 2.75) is 39.0 Å². The molecule has 0 saturated heterocycles. The van der Waals surface area contributed by atoms with E-state index in [9.17, 15) is 13.9 Å². The average molecular weight is 331 g/mol. The maximum Gasteiger partial charge on any atom is 0.130 e. The molecule has 0 bridgehead atoms. The zero-order valence-electron chi connectivity index (χ0n) is 14.3. The van der Waals surface area contributed by atoms with Crippen LogP contribution in [0.2, 0.25) is 0 Å². The van der Waals surface area contributed by atoms with Crippen LogP contribution in [0, 0.1) is 11.6 Å². The van der Waals surface area contributed by atoms with Crippen molar-refractivity contribution in [3.63, 3.8) is 0 Å². The Morgan fingerprint density at radius 1 is 1.26 bits per heavy atom. The van der Waals surface area contributed by atoms with Gasteiger partial charge in [0, 0.05) is 38.4 Å². The van der Waals surface area contributed by atoms with Gasteiger partial charge < -0.3 is 14.6 Å². The molecular weight excluding hydrogens is 304 g/mol. The van der Waals surface area contributed by atoms with Crippen LogP contribution in [0.15, 0.2) is 18.2 Å². The van der Waals surface area contributed by atoms with Gasteiger partial charge in [-0.05, 0) is 26.8 Å². The lowest BCUT2D eigenvalue weighted by Crippen LogP contribution is -2.38. The Morgan fingerprint density at radius 3 is 2.52 bits per heavy atom. The molecule has 4 nitrogen and oxygen atoms in total. The number of aliphatic hydroxyl groups is 1. The highest BCUT2D eigenvalue weighted by Gasteiger charge is 2.17. The first-order chi connectivity index (χ1) is 10.7. The quantitative estimate of drug-likeness (QED) is 0.755. The van der Waals surface area contributed by atoms with Gasteiger partial charge in [-0.2, -0.15) is 0 Å². The molecule has 132 valence electrons. The van der Waals surface area contributed by atoms with E-state index in [1.165, 1.54) is 12.1 Å². The van der Waals surface area contributed by atoms with Gasteiger partial charge in [0.25, 0.3) is 0 Å². The fourth-order valence-corrected chi connectivity index (χ4v) is 2.04. The zero-order chi connectivity index (χ0) is 17.5. The Labute approximate surface area is 137 Å². The molecule has 6 heteroatoms. The Bertz CT molecular complexity index is 477. The van der Waals surface area contributed by atoms with Crippen LogP contribution in [-0.2, 0) is 16.0 Å². The minimum atomic E-state index is -0.699. The maximum atomic E-state index is 13.8. The van der Waals surface area contributed by atoms with E-state index in [4.69, 9.17) is 9.47 Å². The minimum absolute atomic E-state index is 0.193. The van der Waals surface area contributed by atoms with E-state index in [1.807, 2.05) is 25.7 Å². The molecule has 0 aromatic heterocycles. The summed E-state index contributed by atoms with van der Waals surface area (Å²) in [5.74, 6) is -1.19. The highest BCUT2D eigenvalue weighted by molar-refractivity contribution is 5.18. The second-order valence-electron chi connectivity index (χ2n) is 6.54. The van der Waals surface area contributed by atoms with Gasteiger partial charge in [0.05, 0.1) is 24.9 Å². The third kappa shape index (κ3) is 8.37. The van der Waals surface area contributed by atoms with E-state index in [2.05, 4.69) is 0 Å². The van der Waals surface area contributed by atoms with Crippen molar-refractivity contribution < 1.29 is 23.4 Å². The number of halogens is 2. The average Bonchev–Trinajstić information content (AvgIpc) is 2.44. The highest BCUT2D eigenvalue weighted by Crippen LogP contribution is 2.13. The van der Waals surface area contributed by atoms with Gasteiger partial charge in [-0.15, -0.1) is 0 Å². The smallest absolute Gasteiger partial charge is 0.130 e. The van der Waals surface area contributed by atoms with Crippen LogP contribution in [0.3, 0.4) is 0 Å². The summed E-state index contributed by atoms with van der Waals surface area (Å²) in [6.07, 6.45) is -0.699. The fourth-order valence-electron chi connectivity index (χ4n) is 2.04. The largest absolute Gasteiger partial charge is 0.389 e. The second-order valence-corrected chi connectivity index (χ2v) is 6.54. The third-order valence-corrected chi connectivity index (χ3v) is 3.20. The summed E-state index contributed by atoms with van der Waals surface area (Å²) in [7, 11) is 1.58. The maximum absolute atomic E-state index is 13.8. The lowest BCUT2D eigenvalue weighted by molar-refractivity contribution is -0.0577. The number of methoxy groups -OCH3 is 1. The second kappa shape index (κ2) is 9.27. The molecule has 1 N–H and O–H groups in total. The minimum Gasteiger partial charge on any atom is -0.389 e. The predicted molar refractivity (Wildman–Crippen MR) is 85.2 cm³/mol. The Morgan fingerprint density at radius 2 is 1.96 bits per heavy atom. The Balaban J connectivity index is 2.64. The molecule has 0 spiro atoms. The molecule has 0 aliphatic rings. The van der Waals surface area contributed by atoms with Crippen molar-refractivity contribution >= 4 is 0 Å². The van der Waals surface area contributed by atoms with Crippen molar-refractivity contribution in [2.75, 3.05) is 33.4 Å². The summed E-state index contributed by atoms with van der Waals surface area (Å²) in [5, 5.41) is 10.1. The number of rotatable bonds is 9. The van der Waals surface area contributed by atoms with E-state index in [0.717, 1.165) is 6.07 Å². The summed E-state index contributed by atoms with van der Waals surface area (Å²) < 4.78 is 37.4. The number of hydrogen-bond donors (Lipinski definition) is 1. The normalized spacial score (nSPS) is 13.6. The topological polar surface area (TPSA) is 41.9 Å². The first-order valence-corrected chi connectivity index (χ1v) is 7.68. The Kier molecular flexibility index (Phi) is 8.05. The Hall–Kier alpha value is -1.08. The molecule has 1 aromatic carbocycles. The molecule has 0 aliphatic carbocycles. The molecule has 0 saturated carbocycles. The van der Waals surface area contributed by atoms with Crippen LogP contribution in [0.4, 0.5) is 8.78 Å². The number of benzene rings is 1. The number of hydrogen-bond acceptors (Lipinski definition) is 4. The summed E-state index contributed by atoms with van der Waals surface area (Å²) in [4.78, 5) is 1.86. The highest BCUT2D eigenvalue weighted by atomic mass is 19.1. The molecule has 0 unspecified atom stereocenters. The van der Waals surface area contributed by atoms with Crippen molar-refractivity contribution in [1.82, 2.24) is 4.90 Å². The van der Waals surface area contributed by atoms with Crippen LogP contribution < -0.4 is 0 Å². The molecule has 0 heterocycles. The van der Waals surface area contributed by atoms with E-state index >= 15 is 0 Å². The SMILES string of the molecule is COCCN(Cc1ccc(F)cc1F)C[C@H](O)COC(C)(C)C. The van der Waals surface area contributed by atoms with Crippen LogP contribution in [0.25, 0.3) is 0 Å². The van der Waals surface area contributed by atoms with E-state index in [0.29, 0.717) is 25.3 Å². The molecule has 0 aliphatic heterocycles. The van der Waals surface area contributed by atoms with Gasteiger partial charge in [-0.1, -0.05) is 6.07 Å². The summed E-state index contributed by atoms with van der Waals surface area (Å²) in [5.41, 5.74) is 0.0490. The lowest BCUT2D eigenvalue weighted by atomic mass is 10.1. The molecule has 1 rings (SSSR count). The first-order valence-electron chi connectivity index (χ1n) is 7.68. The zero-order valence-corrected chi connectivity index (χ0v) is 14.3. The van der Waals surface area contributed by atoms with Crippen molar-refractivity contribution in [3.05, 3.63) is 35.4 Å². The molecule has 0 radical (unpaired) electrons.